The fraction of sp³-hybridized carbons (Fsp3) is 0.619. The van der Waals surface area contributed by atoms with Crippen molar-refractivity contribution in [1.29, 1.82) is 0 Å². The van der Waals surface area contributed by atoms with Crippen molar-refractivity contribution in [3.63, 3.8) is 0 Å². The summed E-state index contributed by atoms with van der Waals surface area (Å²) in [6, 6.07) is 9.93. The first kappa shape index (κ1) is 18.9. The summed E-state index contributed by atoms with van der Waals surface area (Å²) in [5.74, 6) is 0.557. The summed E-state index contributed by atoms with van der Waals surface area (Å²) >= 11 is 0. The number of carbonyl (C=O) groups is 2. The van der Waals surface area contributed by atoms with Crippen molar-refractivity contribution in [3.8, 4) is 0 Å². The maximum Gasteiger partial charge on any atom is 0.237 e. The molecule has 1 aromatic carbocycles. The molecule has 1 atom stereocenters. The SMILES string of the molecule is CC(C)CC1(NC(=O)CC2C(=O)NCCN2CCc2ccccc2)CC1. The minimum Gasteiger partial charge on any atom is -0.353 e. The van der Waals surface area contributed by atoms with Gasteiger partial charge in [0.25, 0.3) is 0 Å². The van der Waals surface area contributed by atoms with Gasteiger partial charge < -0.3 is 10.6 Å². The number of hydrogen-bond acceptors (Lipinski definition) is 3. The van der Waals surface area contributed by atoms with Crippen LogP contribution in [0, 0.1) is 5.92 Å². The molecule has 1 saturated carbocycles. The molecule has 0 aromatic heterocycles. The van der Waals surface area contributed by atoms with Gasteiger partial charge in [-0.25, -0.2) is 0 Å². The number of benzene rings is 1. The monoisotopic (exact) mass is 357 g/mol. The summed E-state index contributed by atoms with van der Waals surface area (Å²) in [7, 11) is 0. The summed E-state index contributed by atoms with van der Waals surface area (Å²) in [5, 5.41) is 6.13. The van der Waals surface area contributed by atoms with Crippen LogP contribution in [-0.4, -0.2) is 47.9 Å². The van der Waals surface area contributed by atoms with Crippen molar-refractivity contribution in [3.05, 3.63) is 35.9 Å². The molecule has 1 aliphatic carbocycles. The molecular weight excluding hydrogens is 326 g/mol. The largest absolute Gasteiger partial charge is 0.353 e. The Morgan fingerprint density at radius 3 is 2.69 bits per heavy atom. The molecule has 0 radical (unpaired) electrons. The van der Waals surface area contributed by atoms with Gasteiger partial charge >= 0.3 is 0 Å². The standard InChI is InChI=1S/C21H31N3O2/c1-16(2)15-21(9-10-21)23-19(25)14-18-20(26)22-11-13-24(18)12-8-17-6-4-3-5-7-17/h3-7,16,18H,8-15H2,1-2H3,(H,22,26)(H,23,25). The van der Waals surface area contributed by atoms with E-state index in [1.807, 2.05) is 18.2 Å². The average Bonchev–Trinajstić information content (AvgIpc) is 3.34. The third-order valence-corrected chi connectivity index (χ3v) is 5.41. The number of carbonyl (C=O) groups excluding carboxylic acids is 2. The van der Waals surface area contributed by atoms with Crippen molar-refractivity contribution >= 4 is 11.8 Å². The molecule has 5 heteroatoms. The highest BCUT2D eigenvalue weighted by Crippen LogP contribution is 2.41. The fourth-order valence-corrected chi connectivity index (χ4v) is 4.00. The van der Waals surface area contributed by atoms with Gasteiger partial charge in [0.1, 0.15) is 0 Å². The first-order valence-corrected chi connectivity index (χ1v) is 9.84. The Morgan fingerprint density at radius 1 is 1.31 bits per heavy atom. The summed E-state index contributed by atoms with van der Waals surface area (Å²) in [6.07, 6.45) is 4.29. The Hall–Kier alpha value is -1.88. The van der Waals surface area contributed by atoms with E-state index < -0.39 is 0 Å². The van der Waals surface area contributed by atoms with Crippen LogP contribution in [0.1, 0.15) is 45.1 Å². The number of hydrogen-bond donors (Lipinski definition) is 2. The molecule has 1 unspecified atom stereocenters. The lowest BCUT2D eigenvalue weighted by Crippen LogP contribution is -2.57. The third kappa shape index (κ3) is 5.07. The van der Waals surface area contributed by atoms with Crippen molar-refractivity contribution in [1.82, 2.24) is 15.5 Å². The summed E-state index contributed by atoms with van der Waals surface area (Å²) < 4.78 is 0. The van der Waals surface area contributed by atoms with E-state index in [1.165, 1.54) is 5.56 Å². The van der Waals surface area contributed by atoms with Crippen LogP contribution in [0.3, 0.4) is 0 Å². The van der Waals surface area contributed by atoms with E-state index in [9.17, 15) is 9.59 Å². The van der Waals surface area contributed by atoms with Crippen molar-refractivity contribution in [2.45, 2.75) is 57.5 Å². The second kappa shape index (κ2) is 8.21. The van der Waals surface area contributed by atoms with E-state index in [4.69, 9.17) is 0 Å². The molecule has 2 aliphatic rings. The molecule has 3 rings (SSSR count). The first-order chi connectivity index (χ1) is 12.5. The maximum atomic E-state index is 12.6. The Kier molecular flexibility index (Phi) is 5.97. The van der Waals surface area contributed by atoms with Crippen molar-refractivity contribution < 1.29 is 9.59 Å². The van der Waals surface area contributed by atoms with Gasteiger partial charge in [-0.1, -0.05) is 44.2 Å². The lowest BCUT2D eigenvalue weighted by molar-refractivity contribution is -0.134. The molecule has 26 heavy (non-hydrogen) atoms. The van der Waals surface area contributed by atoms with Crippen LogP contribution < -0.4 is 10.6 Å². The van der Waals surface area contributed by atoms with Crippen molar-refractivity contribution in [2.75, 3.05) is 19.6 Å². The minimum absolute atomic E-state index is 0.00867. The van der Waals surface area contributed by atoms with Crippen LogP contribution in [0.2, 0.25) is 0 Å². The van der Waals surface area contributed by atoms with Crippen LogP contribution in [0.4, 0.5) is 0 Å². The molecule has 1 aliphatic heterocycles. The molecule has 2 N–H and O–H groups in total. The fourth-order valence-electron chi connectivity index (χ4n) is 4.00. The lowest BCUT2D eigenvalue weighted by atomic mass is 10.0. The minimum atomic E-state index is -0.359. The summed E-state index contributed by atoms with van der Waals surface area (Å²) in [4.78, 5) is 27.1. The van der Waals surface area contributed by atoms with E-state index in [1.54, 1.807) is 0 Å². The molecule has 0 spiro atoms. The third-order valence-electron chi connectivity index (χ3n) is 5.41. The summed E-state index contributed by atoms with van der Waals surface area (Å²) in [6.45, 7) is 6.63. The van der Waals surface area contributed by atoms with Gasteiger partial charge in [-0.2, -0.15) is 0 Å². The van der Waals surface area contributed by atoms with Crippen LogP contribution in [0.25, 0.3) is 0 Å². The first-order valence-electron chi connectivity index (χ1n) is 9.84. The highest BCUT2D eigenvalue weighted by atomic mass is 16.2. The number of amides is 2. The zero-order valence-corrected chi connectivity index (χ0v) is 16.0. The van der Waals surface area contributed by atoms with Crippen LogP contribution in [0.15, 0.2) is 30.3 Å². The van der Waals surface area contributed by atoms with Gasteiger partial charge in [-0.3, -0.25) is 14.5 Å². The van der Waals surface area contributed by atoms with Gasteiger partial charge in [0.2, 0.25) is 11.8 Å². The molecular formula is C21H31N3O2. The highest BCUT2D eigenvalue weighted by molar-refractivity contribution is 5.89. The van der Waals surface area contributed by atoms with Gasteiger partial charge in [-0.05, 0) is 37.2 Å². The predicted octanol–water partition coefficient (Wildman–Crippen LogP) is 2.11. The Bertz CT molecular complexity index is 625. The van der Waals surface area contributed by atoms with Gasteiger partial charge in [-0.15, -0.1) is 0 Å². The maximum absolute atomic E-state index is 12.6. The molecule has 5 nitrogen and oxygen atoms in total. The summed E-state index contributed by atoms with van der Waals surface area (Å²) in [5.41, 5.74) is 1.25. The van der Waals surface area contributed by atoms with Gasteiger partial charge in [0.15, 0.2) is 0 Å². The number of piperazine rings is 1. The van der Waals surface area contributed by atoms with E-state index in [0.717, 1.165) is 38.8 Å². The number of rotatable bonds is 8. The molecule has 2 amide bonds. The zero-order chi connectivity index (χ0) is 18.6. The number of nitrogens with one attached hydrogen (secondary N) is 2. The second-order valence-electron chi connectivity index (χ2n) is 8.21. The molecule has 1 saturated heterocycles. The van der Waals surface area contributed by atoms with Crippen LogP contribution >= 0.6 is 0 Å². The van der Waals surface area contributed by atoms with E-state index >= 15 is 0 Å². The normalized spacial score (nSPS) is 22.1. The zero-order valence-electron chi connectivity index (χ0n) is 16.0. The molecule has 0 bridgehead atoms. The molecule has 1 aromatic rings. The Labute approximate surface area is 156 Å². The molecule has 2 fully saturated rings. The quantitative estimate of drug-likeness (QED) is 0.749. The molecule has 142 valence electrons. The van der Waals surface area contributed by atoms with Crippen molar-refractivity contribution in [2.24, 2.45) is 5.92 Å². The highest BCUT2D eigenvalue weighted by Gasteiger charge is 2.44. The Balaban J connectivity index is 1.56. The van der Waals surface area contributed by atoms with Crippen LogP contribution in [0.5, 0.6) is 0 Å². The average molecular weight is 357 g/mol. The van der Waals surface area contributed by atoms with Gasteiger partial charge in [0.05, 0.1) is 12.5 Å². The van der Waals surface area contributed by atoms with Gasteiger partial charge in [0, 0.05) is 25.2 Å². The van der Waals surface area contributed by atoms with E-state index in [-0.39, 0.29) is 29.8 Å². The molecule has 1 heterocycles. The second-order valence-corrected chi connectivity index (χ2v) is 8.21. The van der Waals surface area contributed by atoms with E-state index in [2.05, 4.69) is 41.5 Å². The smallest absolute Gasteiger partial charge is 0.237 e. The predicted molar refractivity (Wildman–Crippen MR) is 103 cm³/mol. The van der Waals surface area contributed by atoms with E-state index in [0.29, 0.717) is 12.5 Å². The Morgan fingerprint density at radius 2 is 2.04 bits per heavy atom. The topological polar surface area (TPSA) is 61.4 Å². The lowest BCUT2D eigenvalue weighted by Gasteiger charge is -2.35. The van der Waals surface area contributed by atoms with Crippen LogP contribution in [-0.2, 0) is 16.0 Å². The number of nitrogens with zero attached hydrogens (tertiary/aromatic N) is 1.